The Labute approximate surface area is 54.2 Å². The lowest BCUT2D eigenvalue weighted by Crippen LogP contribution is -2.19. The van der Waals surface area contributed by atoms with Crippen LogP contribution in [-0.2, 0) is 0 Å². The molecule has 0 atom stereocenters. The Morgan fingerprint density at radius 2 is 2.44 bits per heavy atom. The number of nitrogens with zero attached hydrogens (tertiary/aromatic N) is 2. The maximum atomic E-state index is 5.00. The largest absolute Gasteiger partial charge is 0.307 e. The predicted octanol–water partition coefficient (Wildman–Crippen LogP) is 0.0399. The zero-order chi connectivity index (χ0) is 7.11. The molecule has 0 heterocycles. The van der Waals surface area contributed by atoms with Crippen LogP contribution >= 0.6 is 0 Å². The maximum absolute atomic E-state index is 5.00. The highest BCUT2D eigenvalue weighted by atomic mass is 15.3. The van der Waals surface area contributed by atoms with E-state index in [0.29, 0.717) is 5.82 Å². The number of aliphatic imine (C=N–C) groups is 2. The van der Waals surface area contributed by atoms with Crippen molar-refractivity contribution < 1.29 is 0 Å². The van der Waals surface area contributed by atoms with Crippen molar-refractivity contribution in [3.8, 4) is 0 Å². The molecule has 0 saturated heterocycles. The van der Waals surface area contributed by atoms with Crippen LogP contribution in [0.2, 0.25) is 0 Å². The number of nitrogens with one attached hydrogen (secondary N) is 1. The summed E-state index contributed by atoms with van der Waals surface area (Å²) in [5.74, 6) is 5.45. The van der Waals surface area contributed by atoms with Crippen LogP contribution in [0.25, 0.3) is 0 Å². The molecule has 0 aliphatic rings. The molecule has 9 heavy (non-hydrogen) atoms. The van der Waals surface area contributed by atoms with E-state index in [1.807, 2.05) is 0 Å². The van der Waals surface area contributed by atoms with Gasteiger partial charge in [0, 0.05) is 6.21 Å². The highest BCUT2D eigenvalue weighted by molar-refractivity contribution is 5.54. The molecule has 0 aromatic rings. The summed E-state index contributed by atoms with van der Waals surface area (Å²) in [6.45, 7) is 5.05. The minimum atomic E-state index is 0.452. The fraction of sp³-hybridized carbons (Fsp3) is 0.200. The fourth-order valence-corrected chi connectivity index (χ4v) is 0.269. The van der Waals surface area contributed by atoms with E-state index in [1.165, 1.54) is 6.20 Å². The normalized spacial score (nSPS) is 12.0. The van der Waals surface area contributed by atoms with Crippen molar-refractivity contribution in [3.63, 3.8) is 0 Å². The van der Waals surface area contributed by atoms with Crippen molar-refractivity contribution in [2.24, 2.45) is 15.8 Å². The Balaban J connectivity index is 3.90. The first kappa shape index (κ1) is 7.84. The first-order chi connectivity index (χ1) is 4.35. The maximum Gasteiger partial charge on any atom is 0.157 e. The summed E-state index contributed by atoms with van der Waals surface area (Å²) in [6, 6.07) is 0. The van der Waals surface area contributed by atoms with Gasteiger partial charge in [-0.2, -0.15) is 0 Å². The molecule has 0 aliphatic heterocycles. The van der Waals surface area contributed by atoms with Gasteiger partial charge in [0.25, 0.3) is 0 Å². The lowest BCUT2D eigenvalue weighted by Gasteiger charge is -1.93. The Kier molecular flexibility index (Phi) is 4.34. The van der Waals surface area contributed by atoms with E-state index in [1.54, 1.807) is 13.1 Å². The summed E-state index contributed by atoms with van der Waals surface area (Å²) in [7, 11) is 0. The molecule has 4 nitrogen and oxygen atoms in total. The molecule has 3 N–H and O–H groups in total. The zero-order valence-electron chi connectivity index (χ0n) is 5.33. The van der Waals surface area contributed by atoms with Gasteiger partial charge < -0.3 is 5.43 Å². The van der Waals surface area contributed by atoms with Gasteiger partial charge in [-0.3, -0.25) is 4.99 Å². The van der Waals surface area contributed by atoms with Gasteiger partial charge in [-0.05, 0) is 13.6 Å². The number of hydrogen-bond acceptors (Lipinski definition) is 4. The van der Waals surface area contributed by atoms with E-state index < -0.39 is 0 Å². The topological polar surface area (TPSA) is 62.8 Å². The molecule has 0 rings (SSSR count). The molecule has 0 aromatic carbocycles. The molecule has 50 valence electrons. The van der Waals surface area contributed by atoms with Gasteiger partial charge in [0.05, 0.1) is 6.20 Å². The van der Waals surface area contributed by atoms with Gasteiger partial charge in [-0.1, -0.05) is 0 Å². The van der Waals surface area contributed by atoms with Gasteiger partial charge >= 0.3 is 0 Å². The van der Waals surface area contributed by atoms with E-state index in [2.05, 4.69) is 22.1 Å². The van der Waals surface area contributed by atoms with E-state index in [9.17, 15) is 0 Å². The summed E-state index contributed by atoms with van der Waals surface area (Å²) in [5.41, 5.74) is 2.30. The number of rotatable bonds is 3. The van der Waals surface area contributed by atoms with Gasteiger partial charge in [-0.25, -0.2) is 10.8 Å². The molecule has 0 aromatic heterocycles. The van der Waals surface area contributed by atoms with Crippen molar-refractivity contribution in [3.05, 3.63) is 12.0 Å². The predicted molar refractivity (Wildman–Crippen MR) is 39.1 cm³/mol. The Morgan fingerprint density at radius 1 is 1.78 bits per heavy atom. The summed E-state index contributed by atoms with van der Waals surface area (Å²) in [4.78, 5) is 7.26. The summed E-state index contributed by atoms with van der Waals surface area (Å²) in [6.07, 6.45) is 3.11. The second kappa shape index (κ2) is 4.99. The standard InChI is InChI=1S/C5H10N4/c1-3-8-4-5(7-2)9-6/h3-4,9H,2,6H2,1H3/b5-4+,8-3?. The van der Waals surface area contributed by atoms with Crippen molar-refractivity contribution in [1.29, 1.82) is 0 Å². The summed E-state index contributed by atoms with van der Waals surface area (Å²) in [5, 5.41) is 0. The first-order valence-corrected chi connectivity index (χ1v) is 2.46. The van der Waals surface area contributed by atoms with E-state index in [0.717, 1.165) is 0 Å². The van der Waals surface area contributed by atoms with Crippen LogP contribution < -0.4 is 11.3 Å². The quantitative estimate of drug-likeness (QED) is 0.318. The molecule has 0 unspecified atom stereocenters. The summed E-state index contributed by atoms with van der Waals surface area (Å²) >= 11 is 0. The monoisotopic (exact) mass is 126 g/mol. The molecular formula is C5H10N4. The van der Waals surface area contributed by atoms with Crippen LogP contribution in [-0.4, -0.2) is 12.9 Å². The third kappa shape index (κ3) is 3.42. The number of nitrogens with two attached hydrogens (primary N) is 1. The third-order valence-electron chi connectivity index (χ3n) is 0.664. The minimum absolute atomic E-state index is 0.452. The van der Waals surface area contributed by atoms with Crippen molar-refractivity contribution >= 4 is 12.9 Å². The molecule has 0 radical (unpaired) electrons. The molecule has 0 aliphatic carbocycles. The second-order valence-electron chi connectivity index (χ2n) is 1.22. The highest BCUT2D eigenvalue weighted by Crippen LogP contribution is 1.85. The van der Waals surface area contributed by atoms with E-state index in [4.69, 9.17) is 5.84 Å². The summed E-state index contributed by atoms with van der Waals surface area (Å²) < 4.78 is 0. The SMILES string of the molecule is C=N/C(=C\N=CC)NN. The molecular weight excluding hydrogens is 116 g/mol. The van der Waals surface area contributed by atoms with Crippen molar-refractivity contribution in [1.82, 2.24) is 5.43 Å². The smallest absolute Gasteiger partial charge is 0.157 e. The third-order valence-corrected chi connectivity index (χ3v) is 0.664. The zero-order valence-corrected chi connectivity index (χ0v) is 5.33. The number of hydrogen-bond donors (Lipinski definition) is 2. The van der Waals surface area contributed by atoms with Crippen LogP contribution in [0.3, 0.4) is 0 Å². The fourth-order valence-electron chi connectivity index (χ4n) is 0.269. The van der Waals surface area contributed by atoms with Crippen LogP contribution in [0, 0.1) is 0 Å². The van der Waals surface area contributed by atoms with Crippen LogP contribution in [0.5, 0.6) is 0 Å². The Bertz CT molecular complexity index is 136. The average molecular weight is 126 g/mol. The van der Waals surface area contributed by atoms with Crippen molar-refractivity contribution in [2.45, 2.75) is 6.92 Å². The molecule has 0 fully saturated rings. The second-order valence-corrected chi connectivity index (χ2v) is 1.22. The number of hydrazine groups is 1. The molecule has 0 saturated carbocycles. The van der Waals surface area contributed by atoms with E-state index >= 15 is 0 Å². The van der Waals surface area contributed by atoms with Crippen molar-refractivity contribution in [2.75, 3.05) is 0 Å². The van der Waals surface area contributed by atoms with Gasteiger partial charge in [0.1, 0.15) is 0 Å². The average Bonchev–Trinajstić information content (AvgIpc) is 1.91. The lowest BCUT2D eigenvalue weighted by molar-refractivity contribution is 0.867. The molecule has 0 bridgehead atoms. The highest BCUT2D eigenvalue weighted by Gasteiger charge is 1.80. The molecule has 4 heteroatoms. The van der Waals surface area contributed by atoms with Crippen LogP contribution in [0.15, 0.2) is 22.0 Å². The van der Waals surface area contributed by atoms with Gasteiger partial charge in [0.2, 0.25) is 0 Å². The molecule has 0 spiro atoms. The lowest BCUT2D eigenvalue weighted by atomic mass is 10.7. The van der Waals surface area contributed by atoms with Crippen LogP contribution in [0.1, 0.15) is 6.92 Å². The van der Waals surface area contributed by atoms with E-state index in [-0.39, 0.29) is 0 Å². The van der Waals surface area contributed by atoms with Gasteiger partial charge in [0.15, 0.2) is 5.82 Å². The Morgan fingerprint density at radius 3 is 2.78 bits per heavy atom. The molecule has 0 amide bonds. The Hall–Kier alpha value is -1.16. The first-order valence-electron chi connectivity index (χ1n) is 2.46. The van der Waals surface area contributed by atoms with Gasteiger partial charge in [-0.15, -0.1) is 0 Å². The minimum Gasteiger partial charge on any atom is -0.307 e. The van der Waals surface area contributed by atoms with Crippen LogP contribution in [0.4, 0.5) is 0 Å².